The van der Waals surface area contributed by atoms with E-state index in [2.05, 4.69) is 5.32 Å². The van der Waals surface area contributed by atoms with Crippen molar-refractivity contribution in [1.29, 1.82) is 0 Å². The van der Waals surface area contributed by atoms with Crippen molar-refractivity contribution in [3.63, 3.8) is 0 Å². The summed E-state index contributed by atoms with van der Waals surface area (Å²) in [5.41, 5.74) is -0.595. The standard InChI is InChI=1S/C16H12ClFN2O5/c1-2-25-16(22)10-5-9(6-12(7-10)20(23)24)15(21)19-14-4-3-11(18)8-13(14)17/h3-8H,2H2,1H3,(H,19,21). The maximum Gasteiger partial charge on any atom is 0.338 e. The Bertz CT molecular complexity index is 856. The van der Waals surface area contributed by atoms with Gasteiger partial charge in [0.1, 0.15) is 5.82 Å². The van der Waals surface area contributed by atoms with Gasteiger partial charge in [-0.1, -0.05) is 11.6 Å². The average Bonchev–Trinajstić information content (AvgIpc) is 2.57. The minimum Gasteiger partial charge on any atom is -0.462 e. The number of carbonyl (C=O) groups is 2. The lowest BCUT2D eigenvalue weighted by Gasteiger charge is -2.09. The van der Waals surface area contributed by atoms with Crippen LogP contribution in [0.25, 0.3) is 0 Å². The lowest BCUT2D eigenvalue weighted by atomic mass is 10.1. The molecular formula is C16H12ClFN2O5. The smallest absolute Gasteiger partial charge is 0.338 e. The molecule has 1 amide bonds. The third-order valence-corrected chi connectivity index (χ3v) is 3.39. The zero-order chi connectivity index (χ0) is 18.6. The molecule has 2 rings (SSSR count). The molecule has 0 aliphatic heterocycles. The predicted molar refractivity (Wildman–Crippen MR) is 88.4 cm³/mol. The van der Waals surface area contributed by atoms with E-state index in [9.17, 15) is 24.1 Å². The van der Waals surface area contributed by atoms with Crippen LogP contribution in [0.3, 0.4) is 0 Å². The summed E-state index contributed by atoms with van der Waals surface area (Å²) >= 11 is 5.83. The molecule has 130 valence electrons. The van der Waals surface area contributed by atoms with Gasteiger partial charge in [-0.25, -0.2) is 9.18 Å². The minimum atomic E-state index is -0.792. The van der Waals surface area contributed by atoms with E-state index in [1.807, 2.05) is 0 Å². The van der Waals surface area contributed by atoms with Crippen LogP contribution in [0.2, 0.25) is 5.02 Å². The summed E-state index contributed by atoms with van der Waals surface area (Å²) in [5.74, 6) is -2.12. The molecule has 0 saturated carbocycles. The Morgan fingerprint density at radius 2 is 1.92 bits per heavy atom. The highest BCUT2D eigenvalue weighted by atomic mass is 35.5. The van der Waals surface area contributed by atoms with Gasteiger partial charge in [0.15, 0.2) is 0 Å². The number of nitro groups is 1. The topological polar surface area (TPSA) is 98.5 Å². The van der Waals surface area contributed by atoms with Crippen molar-refractivity contribution in [1.82, 2.24) is 0 Å². The molecule has 0 unspecified atom stereocenters. The van der Waals surface area contributed by atoms with Crippen LogP contribution < -0.4 is 5.32 Å². The Morgan fingerprint density at radius 1 is 1.24 bits per heavy atom. The van der Waals surface area contributed by atoms with Crippen molar-refractivity contribution < 1.29 is 23.6 Å². The van der Waals surface area contributed by atoms with Crippen LogP contribution in [0, 0.1) is 15.9 Å². The van der Waals surface area contributed by atoms with Gasteiger partial charge in [-0.2, -0.15) is 0 Å². The van der Waals surface area contributed by atoms with Crippen LogP contribution >= 0.6 is 11.6 Å². The van der Waals surface area contributed by atoms with E-state index in [4.69, 9.17) is 16.3 Å². The van der Waals surface area contributed by atoms with Crippen LogP contribution in [-0.4, -0.2) is 23.4 Å². The Morgan fingerprint density at radius 3 is 2.52 bits per heavy atom. The zero-order valence-corrected chi connectivity index (χ0v) is 13.7. The van der Waals surface area contributed by atoms with Gasteiger partial charge < -0.3 is 10.1 Å². The number of hydrogen-bond donors (Lipinski definition) is 1. The van der Waals surface area contributed by atoms with Gasteiger partial charge in [0.2, 0.25) is 0 Å². The maximum atomic E-state index is 13.0. The van der Waals surface area contributed by atoms with Crippen molar-refractivity contribution in [2.24, 2.45) is 0 Å². The fourth-order valence-corrected chi connectivity index (χ4v) is 2.18. The van der Waals surface area contributed by atoms with Gasteiger partial charge in [0.25, 0.3) is 11.6 Å². The molecule has 2 aromatic rings. The second-order valence-electron chi connectivity index (χ2n) is 4.82. The van der Waals surface area contributed by atoms with E-state index in [0.29, 0.717) is 0 Å². The number of halogens is 2. The van der Waals surface area contributed by atoms with E-state index in [1.165, 1.54) is 6.07 Å². The molecule has 0 aromatic heterocycles. The average molecular weight is 367 g/mol. The molecule has 0 saturated heterocycles. The second kappa shape index (κ2) is 7.71. The van der Waals surface area contributed by atoms with Crippen molar-refractivity contribution >= 4 is 34.9 Å². The normalized spacial score (nSPS) is 10.2. The number of nitrogens with one attached hydrogen (secondary N) is 1. The van der Waals surface area contributed by atoms with Crippen LogP contribution in [0.1, 0.15) is 27.6 Å². The summed E-state index contributed by atoms with van der Waals surface area (Å²) in [6, 6.07) is 6.54. The van der Waals surface area contributed by atoms with E-state index in [-0.39, 0.29) is 28.4 Å². The fourth-order valence-electron chi connectivity index (χ4n) is 1.97. The van der Waals surface area contributed by atoms with Crippen molar-refractivity contribution in [2.75, 3.05) is 11.9 Å². The first kappa shape index (κ1) is 18.3. The number of esters is 1. The molecule has 0 atom stereocenters. The number of rotatable bonds is 5. The number of benzene rings is 2. The molecule has 0 bridgehead atoms. The first-order valence-electron chi connectivity index (χ1n) is 7.04. The molecule has 0 heterocycles. The predicted octanol–water partition coefficient (Wildman–Crippen LogP) is 3.82. The molecule has 0 aliphatic carbocycles. The largest absolute Gasteiger partial charge is 0.462 e. The highest BCUT2D eigenvalue weighted by molar-refractivity contribution is 6.33. The molecule has 7 nitrogen and oxygen atoms in total. The SMILES string of the molecule is CCOC(=O)c1cc(C(=O)Nc2ccc(F)cc2Cl)cc([N+](=O)[O-])c1. The first-order chi connectivity index (χ1) is 11.8. The van der Waals surface area contributed by atoms with Gasteiger partial charge >= 0.3 is 5.97 Å². The molecular weight excluding hydrogens is 355 g/mol. The van der Waals surface area contributed by atoms with Gasteiger partial charge in [0, 0.05) is 17.7 Å². The second-order valence-corrected chi connectivity index (χ2v) is 5.23. The Labute approximate surface area is 146 Å². The zero-order valence-electron chi connectivity index (χ0n) is 12.9. The van der Waals surface area contributed by atoms with Crippen molar-refractivity contribution in [3.05, 3.63) is 68.5 Å². The van der Waals surface area contributed by atoms with E-state index < -0.39 is 28.3 Å². The molecule has 9 heteroatoms. The Balaban J connectivity index is 2.37. The number of carbonyl (C=O) groups excluding carboxylic acids is 2. The molecule has 0 fully saturated rings. The van der Waals surface area contributed by atoms with Crippen LogP contribution in [0.5, 0.6) is 0 Å². The van der Waals surface area contributed by atoms with Crippen molar-refractivity contribution in [2.45, 2.75) is 6.92 Å². The fraction of sp³-hybridized carbons (Fsp3) is 0.125. The third-order valence-electron chi connectivity index (χ3n) is 3.08. The van der Waals surface area contributed by atoms with E-state index in [1.54, 1.807) is 6.92 Å². The number of hydrogen-bond acceptors (Lipinski definition) is 5. The highest BCUT2D eigenvalue weighted by Crippen LogP contribution is 2.24. The van der Waals surface area contributed by atoms with Gasteiger partial charge in [-0.05, 0) is 31.2 Å². The maximum absolute atomic E-state index is 13.0. The first-order valence-corrected chi connectivity index (χ1v) is 7.42. The number of anilines is 1. The summed E-state index contributed by atoms with van der Waals surface area (Å²) in [6.07, 6.45) is 0. The number of amides is 1. The summed E-state index contributed by atoms with van der Waals surface area (Å²) < 4.78 is 17.8. The lowest BCUT2D eigenvalue weighted by molar-refractivity contribution is -0.384. The highest BCUT2D eigenvalue weighted by Gasteiger charge is 2.19. The Kier molecular flexibility index (Phi) is 5.66. The summed E-state index contributed by atoms with van der Waals surface area (Å²) in [7, 11) is 0. The van der Waals surface area contributed by atoms with Crippen LogP contribution in [-0.2, 0) is 4.74 Å². The number of ether oxygens (including phenoxy) is 1. The molecule has 0 radical (unpaired) electrons. The summed E-state index contributed by atoms with van der Waals surface area (Å²) in [4.78, 5) is 34.4. The molecule has 25 heavy (non-hydrogen) atoms. The van der Waals surface area contributed by atoms with Gasteiger partial charge in [-0.3, -0.25) is 14.9 Å². The number of nitro benzene ring substituents is 1. The van der Waals surface area contributed by atoms with Crippen LogP contribution in [0.4, 0.5) is 15.8 Å². The van der Waals surface area contributed by atoms with Crippen LogP contribution in [0.15, 0.2) is 36.4 Å². The monoisotopic (exact) mass is 366 g/mol. The van der Waals surface area contributed by atoms with Crippen molar-refractivity contribution in [3.8, 4) is 0 Å². The minimum absolute atomic E-state index is 0.0376. The summed E-state index contributed by atoms with van der Waals surface area (Å²) in [6.45, 7) is 1.66. The molecule has 0 spiro atoms. The Hall–Kier alpha value is -3.00. The van der Waals surface area contributed by atoms with E-state index in [0.717, 1.165) is 30.3 Å². The molecule has 2 aromatic carbocycles. The van der Waals surface area contributed by atoms with E-state index >= 15 is 0 Å². The summed E-state index contributed by atoms with van der Waals surface area (Å²) in [5, 5.41) is 13.4. The van der Waals surface area contributed by atoms with Gasteiger partial charge in [-0.15, -0.1) is 0 Å². The number of non-ortho nitro benzene ring substituents is 1. The lowest BCUT2D eigenvalue weighted by Crippen LogP contribution is -2.14. The molecule has 0 aliphatic rings. The third kappa shape index (κ3) is 4.51. The number of nitrogens with zero attached hydrogens (tertiary/aromatic N) is 1. The van der Waals surface area contributed by atoms with Gasteiger partial charge in [0.05, 0.1) is 27.8 Å². The molecule has 1 N–H and O–H groups in total. The quantitative estimate of drug-likeness (QED) is 0.492.